The summed E-state index contributed by atoms with van der Waals surface area (Å²) >= 11 is 0. The zero-order valence-corrected chi connectivity index (χ0v) is 10.7. The fourth-order valence-electron chi connectivity index (χ4n) is 2.48. The molecule has 1 aromatic carbocycles. The third kappa shape index (κ3) is 2.83. The molecule has 0 aromatic heterocycles. The Morgan fingerprint density at radius 3 is 2.89 bits per heavy atom. The van der Waals surface area contributed by atoms with Crippen LogP contribution >= 0.6 is 0 Å². The maximum atomic E-state index is 5.82. The topological polar surface area (TPSA) is 33.7 Å². The van der Waals surface area contributed by atoms with E-state index in [9.17, 15) is 0 Å². The van der Waals surface area contributed by atoms with Crippen LogP contribution in [0.5, 0.6) is 5.75 Å². The third-order valence-corrected chi connectivity index (χ3v) is 3.59. The fourth-order valence-corrected chi connectivity index (χ4v) is 2.48. The van der Waals surface area contributed by atoms with Gasteiger partial charge in [-0.25, -0.2) is 0 Å². The van der Waals surface area contributed by atoms with Gasteiger partial charge in [-0.05, 0) is 23.3 Å². The van der Waals surface area contributed by atoms with Crippen LogP contribution in [0.4, 0.5) is 0 Å². The van der Waals surface area contributed by atoms with Crippen molar-refractivity contribution in [2.75, 3.05) is 39.5 Å². The van der Waals surface area contributed by atoms with Crippen molar-refractivity contribution in [2.24, 2.45) is 0 Å². The van der Waals surface area contributed by atoms with Crippen molar-refractivity contribution in [3.63, 3.8) is 0 Å². The lowest BCUT2D eigenvalue weighted by molar-refractivity contribution is 0.0322. The van der Waals surface area contributed by atoms with Crippen LogP contribution < -0.4 is 10.1 Å². The highest BCUT2D eigenvalue weighted by atomic mass is 16.5. The summed E-state index contributed by atoms with van der Waals surface area (Å²) < 4.78 is 11.1. The zero-order valence-electron chi connectivity index (χ0n) is 10.7. The largest absolute Gasteiger partial charge is 0.492 e. The molecule has 0 atom stereocenters. The van der Waals surface area contributed by atoms with E-state index in [1.54, 1.807) is 0 Å². The van der Waals surface area contributed by atoms with E-state index in [1.807, 2.05) is 0 Å². The number of morpholine rings is 1. The summed E-state index contributed by atoms with van der Waals surface area (Å²) in [6.07, 6.45) is 0. The molecule has 4 nitrogen and oxygen atoms in total. The molecule has 0 bridgehead atoms. The van der Waals surface area contributed by atoms with Crippen molar-refractivity contribution >= 4 is 0 Å². The number of rotatable bonds is 4. The maximum Gasteiger partial charge on any atom is 0.119 e. The van der Waals surface area contributed by atoms with Gasteiger partial charge in [-0.2, -0.15) is 0 Å². The van der Waals surface area contributed by atoms with E-state index < -0.39 is 0 Å². The molecule has 3 rings (SSSR count). The first-order chi connectivity index (χ1) is 8.92. The van der Waals surface area contributed by atoms with Crippen molar-refractivity contribution in [3.8, 4) is 5.75 Å². The monoisotopic (exact) mass is 248 g/mol. The molecule has 4 heteroatoms. The lowest BCUT2D eigenvalue weighted by Crippen LogP contribution is -2.38. The van der Waals surface area contributed by atoms with Crippen LogP contribution in [0.25, 0.3) is 0 Å². The molecule has 0 spiro atoms. The Bertz CT molecular complexity index is 403. The molecule has 1 N–H and O–H groups in total. The molecule has 0 unspecified atom stereocenters. The van der Waals surface area contributed by atoms with Crippen LogP contribution in [0.3, 0.4) is 0 Å². The number of benzene rings is 1. The Kier molecular flexibility index (Phi) is 3.78. The van der Waals surface area contributed by atoms with E-state index in [0.717, 1.165) is 58.3 Å². The molecular formula is C14H20N2O2. The molecule has 1 saturated heterocycles. The van der Waals surface area contributed by atoms with Crippen LogP contribution in [0.15, 0.2) is 18.2 Å². The van der Waals surface area contributed by atoms with E-state index >= 15 is 0 Å². The van der Waals surface area contributed by atoms with Crippen molar-refractivity contribution in [3.05, 3.63) is 29.3 Å². The molecule has 2 aliphatic heterocycles. The highest BCUT2D eigenvalue weighted by Gasteiger charge is 2.12. The van der Waals surface area contributed by atoms with Crippen LogP contribution in [0.2, 0.25) is 0 Å². The highest BCUT2D eigenvalue weighted by molar-refractivity contribution is 5.37. The molecule has 98 valence electrons. The SMILES string of the molecule is c1cc2c(cc1OCCN1CCOCC1)CNC2. The molecule has 2 heterocycles. The predicted octanol–water partition coefficient (Wildman–Crippen LogP) is 1.00. The summed E-state index contributed by atoms with van der Waals surface area (Å²) in [5.74, 6) is 0.991. The van der Waals surface area contributed by atoms with Gasteiger partial charge in [0.2, 0.25) is 0 Å². The standard InChI is InChI=1S/C14H20N2O2/c1-2-14(9-13-11-15-10-12(1)13)18-8-5-16-3-6-17-7-4-16/h1-2,9,15H,3-8,10-11H2. The van der Waals surface area contributed by atoms with Gasteiger partial charge in [0.05, 0.1) is 13.2 Å². The number of fused-ring (bicyclic) bond motifs is 1. The minimum atomic E-state index is 0.756. The number of nitrogens with zero attached hydrogens (tertiary/aromatic N) is 1. The van der Waals surface area contributed by atoms with Gasteiger partial charge in [-0.1, -0.05) is 6.07 Å². The Labute approximate surface area is 108 Å². The van der Waals surface area contributed by atoms with Gasteiger partial charge in [0.1, 0.15) is 12.4 Å². The molecular weight excluding hydrogens is 228 g/mol. The molecule has 0 saturated carbocycles. The molecule has 18 heavy (non-hydrogen) atoms. The number of nitrogens with one attached hydrogen (secondary N) is 1. The highest BCUT2D eigenvalue weighted by Crippen LogP contribution is 2.21. The fraction of sp³-hybridized carbons (Fsp3) is 0.571. The average Bonchev–Trinajstić information content (AvgIpc) is 2.87. The predicted molar refractivity (Wildman–Crippen MR) is 69.7 cm³/mol. The van der Waals surface area contributed by atoms with E-state index in [4.69, 9.17) is 9.47 Å². The van der Waals surface area contributed by atoms with Crippen LogP contribution in [0, 0.1) is 0 Å². The van der Waals surface area contributed by atoms with Gasteiger partial charge >= 0.3 is 0 Å². The Balaban J connectivity index is 1.48. The average molecular weight is 248 g/mol. The third-order valence-electron chi connectivity index (χ3n) is 3.59. The first-order valence-electron chi connectivity index (χ1n) is 6.67. The van der Waals surface area contributed by atoms with Crippen molar-refractivity contribution in [1.29, 1.82) is 0 Å². The van der Waals surface area contributed by atoms with E-state index in [0.29, 0.717) is 0 Å². The normalized spacial score (nSPS) is 19.8. The Morgan fingerprint density at radius 1 is 1.17 bits per heavy atom. The van der Waals surface area contributed by atoms with Gasteiger partial charge in [-0.15, -0.1) is 0 Å². The second-order valence-electron chi connectivity index (χ2n) is 4.84. The van der Waals surface area contributed by atoms with Crippen molar-refractivity contribution < 1.29 is 9.47 Å². The zero-order chi connectivity index (χ0) is 12.2. The molecule has 0 radical (unpaired) electrons. The number of hydrogen-bond donors (Lipinski definition) is 1. The van der Waals surface area contributed by atoms with Gasteiger partial charge in [0.15, 0.2) is 0 Å². The summed E-state index contributed by atoms with van der Waals surface area (Å²) in [5.41, 5.74) is 2.77. The van der Waals surface area contributed by atoms with Gasteiger partial charge in [-0.3, -0.25) is 4.90 Å². The number of ether oxygens (including phenoxy) is 2. The molecule has 0 aliphatic carbocycles. The van der Waals surface area contributed by atoms with Gasteiger partial charge in [0.25, 0.3) is 0 Å². The molecule has 1 aromatic rings. The second kappa shape index (κ2) is 5.69. The minimum absolute atomic E-state index is 0.756. The smallest absolute Gasteiger partial charge is 0.119 e. The summed E-state index contributed by atoms with van der Waals surface area (Å²) in [7, 11) is 0. The van der Waals surface area contributed by atoms with Crippen molar-refractivity contribution in [2.45, 2.75) is 13.1 Å². The Morgan fingerprint density at radius 2 is 2.00 bits per heavy atom. The summed E-state index contributed by atoms with van der Waals surface area (Å²) in [6.45, 7) is 7.45. The number of hydrogen-bond acceptors (Lipinski definition) is 4. The quantitative estimate of drug-likeness (QED) is 0.862. The lowest BCUT2D eigenvalue weighted by Gasteiger charge is -2.26. The van der Waals surface area contributed by atoms with Gasteiger partial charge in [0, 0.05) is 32.7 Å². The first-order valence-corrected chi connectivity index (χ1v) is 6.67. The summed E-state index contributed by atoms with van der Waals surface area (Å²) in [5, 5.41) is 3.35. The Hall–Kier alpha value is -1.10. The van der Waals surface area contributed by atoms with Crippen LogP contribution in [-0.4, -0.2) is 44.4 Å². The first kappa shape index (κ1) is 12.0. The van der Waals surface area contributed by atoms with Crippen LogP contribution in [0.1, 0.15) is 11.1 Å². The van der Waals surface area contributed by atoms with E-state index in [-0.39, 0.29) is 0 Å². The van der Waals surface area contributed by atoms with Crippen molar-refractivity contribution in [1.82, 2.24) is 10.2 Å². The molecule has 2 aliphatic rings. The molecule has 1 fully saturated rings. The maximum absolute atomic E-state index is 5.82. The van der Waals surface area contributed by atoms with Gasteiger partial charge < -0.3 is 14.8 Å². The lowest BCUT2D eigenvalue weighted by atomic mass is 10.1. The summed E-state index contributed by atoms with van der Waals surface area (Å²) in [6, 6.07) is 6.40. The van der Waals surface area contributed by atoms with Crippen LogP contribution in [-0.2, 0) is 17.8 Å². The van der Waals surface area contributed by atoms with E-state index in [1.165, 1.54) is 11.1 Å². The minimum Gasteiger partial charge on any atom is -0.492 e. The second-order valence-corrected chi connectivity index (χ2v) is 4.84. The summed E-state index contributed by atoms with van der Waals surface area (Å²) in [4.78, 5) is 2.39. The van der Waals surface area contributed by atoms with E-state index in [2.05, 4.69) is 28.4 Å². The molecule has 0 amide bonds.